The molecule has 4 rings (SSSR count). The third kappa shape index (κ3) is 4.38. The molecule has 150 valence electrons. The van der Waals surface area contributed by atoms with Gasteiger partial charge in [0.25, 0.3) is 5.91 Å². The smallest absolute Gasteiger partial charge is 0.257 e. The number of hydrogen-bond acceptors (Lipinski definition) is 4. The third-order valence-corrected chi connectivity index (χ3v) is 5.87. The minimum absolute atomic E-state index is 0.113. The summed E-state index contributed by atoms with van der Waals surface area (Å²) in [5.41, 5.74) is 0.708. The van der Waals surface area contributed by atoms with E-state index in [0.717, 1.165) is 70.0 Å². The predicted octanol–water partition coefficient (Wildman–Crippen LogP) is 3.09. The first-order valence-electron chi connectivity index (χ1n) is 10.4. The monoisotopic (exact) mass is 382 g/mol. The molecular formula is C22H30N4O2. The van der Waals surface area contributed by atoms with Gasteiger partial charge in [0.2, 0.25) is 0 Å². The Morgan fingerprint density at radius 2 is 1.86 bits per heavy atom. The number of ether oxygens (including phenoxy) is 1. The molecule has 3 heterocycles. The average molecular weight is 383 g/mol. The Bertz CT molecular complexity index is 789. The Labute approximate surface area is 167 Å². The molecule has 2 aliphatic rings. The summed E-state index contributed by atoms with van der Waals surface area (Å²) in [5, 5.41) is 0. The number of imidazole rings is 1. The molecule has 2 aliphatic heterocycles. The zero-order chi connectivity index (χ0) is 19.3. The van der Waals surface area contributed by atoms with Crippen molar-refractivity contribution in [2.24, 2.45) is 7.05 Å². The normalized spacial score (nSPS) is 19.0. The topological polar surface area (TPSA) is 50.6 Å². The van der Waals surface area contributed by atoms with E-state index in [2.05, 4.69) is 14.5 Å². The Hall–Kier alpha value is -2.34. The van der Waals surface area contributed by atoms with Crippen molar-refractivity contribution in [1.29, 1.82) is 0 Å². The molecule has 1 amide bonds. The molecule has 1 aromatic carbocycles. The van der Waals surface area contributed by atoms with Crippen LogP contribution in [0, 0.1) is 0 Å². The van der Waals surface area contributed by atoms with Crippen molar-refractivity contribution in [1.82, 2.24) is 19.4 Å². The molecule has 6 nitrogen and oxygen atoms in total. The second-order valence-corrected chi connectivity index (χ2v) is 7.90. The van der Waals surface area contributed by atoms with Gasteiger partial charge >= 0.3 is 0 Å². The van der Waals surface area contributed by atoms with Crippen molar-refractivity contribution in [2.45, 2.75) is 44.8 Å². The SMILES string of the molecule is Cn1ccnc1CN1CCC(Oc2ccccc2C(=O)N2CCCCC2)CC1. The molecule has 0 N–H and O–H groups in total. The lowest BCUT2D eigenvalue weighted by Gasteiger charge is -2.32. The highest BCUT2D eigenvalue weighted by molar-refractivity contribution is 5.97. The Kier molecular flexibility index (Phi) is 5.95. The number of carbonyl (C=O) groups excluding carboxylic acids is 1. The molecule has 0 saturated carbocycles. The molecule has 2 saturated heterocycles. The van der Waals surface area contributed by atoms with Crippen LogP contribution >= 0.6 is 0 Å². The molecule has 28 heavy (non-hydrogen) atoms. The number of para-hydroxylation sites is 1. The van der Waals surface area contributed by atoms with Crippen molar-refractivity contribution < 1.29 is 9.53 Å². The fourth-order valence-electron chi connectivity index (χ4n) is 4.13. The van der Waals surface area contributed by atoms with E-state index >= 15 is 0 Å². The highest BCUT2D eigenvalue weighted by Gasteiger charge is 2.25. The minimum atomic E-state index is 0.113. The highest BCUT2D eigenvalue weighted by atomic mass is 16.5. The number of aromatic nitrogens is 2. The Morgan fingerprint density at radius 1 is 1.11 bits per heavy atom. The Morgan fingerprint density at radius 3 is 2.57 bits per heavy atom. The zero-order valence-electron chi connectivity index (χ0n) is 16.7. The van der Waals surface area contributed by atoms with E-state index in [4.69, 9.17) is 4.74 Å². The zero-order valence-corrected chi connectivity index (χ0v) is 16.7. The summed E-state index contributed by atoms with van der Waals surface area (Å²) in [6.07, 6.45) is 9.36. The van der Waals surface area contributed by atoms with E-state index in [-0.39, 0.29) is 12.0 Å². The van der Waals surface area contributed by atoms with Crippen molar-refractivity contribution in [3.05, 3.63) is 48.0 Å². The first kappa shape index (κ1) is 19.0. The minimum Gasteiger partial charge on any atom is -0.489 e. The quantitative estimate of drug-likeness (QED) is 0.797. The molecule has 2 fully saturated rings. The number of nitrogens with zero attached hydrogens (tertiary/aromatic N) is 4. The summed E-state index contributed by atoms with van der Waals surface area (Å²) in [5.74, 6) is 1.94. The summed E-state index contributed by atoms with van der Waals surface area (Å²) in [6.45, 7) is 4.57. The summed E-state index contributed by atoms with van der Waals surface area (Å²) in [4.78, 5) is 21.8. The lowest BCUT2D eigenvalue weighted by Crippen LogP contribution is -2.39. The van der Waals surface area contributed by atoms with Gasteiger partial charge in [-0.15, -0.1) is 0 Å². The van der Waals surface area contributed by atoms with Gasteiger partial charge in [-0.3, -0.25) is 9.69 Å². The van der Waals surface area contributed by atoms with Crippen LogP contribution in [0.2, 0.25) is 0 Å². The van der Waals surface area contributed by atoms with Crippen LogP contribution in [-0.2, 0) is 13.6 Å². The standard InChI is InChI=1S/C22H30N4O2/c1-24-16-11-23-21(24)17-25-14-9-18(10-15-25)28-20-8-4-3-7-19(20)22(27)26-12-5-2-6-13-26/h3-4,7-8,11,16,18H,2,5-6,9-10,12-15,17H2,1H3. The van der Waals surface area contributed by atoms with Crippen LogP contribution in [0.5, 0.6) is 5.75 Å². The number of hydrogen-bond donors (Lipinski definition) is 0. The van der Waals surface area contributed by atoms with Gasteiger partial charge in [-0.05, 0) is 44.2 Å². The van der Waals surface area contributed by atoms with Crippen LogP contribution in [0.25, 0.3) is 0 Å². The van der Waals surface area contributed by atoms with Crippen molar-refractivity contribution in [2.75, 3.05) is 26.2 Å². The number of rotatable bonds is 5. The summed E-state index contributed by atoms with van der Waals surface area (Å²) in [6, 6.07) is 7.73. The molecule has 2 aromatic rings. The molecule has 6 heteroatoms. The molecule has 0 unspecified atom stereocenters. The number of benzene rings is 1. The maximum absolute atomic E-state index is 13.0. The fraction of sp³-hybridized carbons (Fsp3) is 0.545. The molecular weight excluding hydrogens is 352 g/mol. The molecule has 0 bridgehead atoms. The molecule has 0 atom stereocenters. The third-order valence-electron chi connectivity index (χ3n) is 5.87. The fourth-order valence-corrected chi connectivity index (χ4v) is 4.13. The second kappa shape index (κ2) is 8.78. The number of piperidine rings is 2. The predicted molar refractivity (Wildman–Crippen MR) is 108 cm³/mol. The van der Waals surface area contributed by atoms with Gasteiger partial charge in [-0.25, -0.2) is 4.98 Å². The average Bonchev–Trinajstić information content (AvgIpc) is 3.14. The summed E-state index contributed by atoms with van der Waals surface area (Å²) in [7, 11) is 2.04. The van der Waals surface area contributed by atoms with Crippen LogP contribution < -0.4 is 4.74 Å². The van der Waals surface area contributed by atoms with E-state index in [1.807, 2.05) is 48.6 Å². The van der Waals surface area contributed by atoms with Gasteiger partial charge in [0.1, 0.15) is 17.7 Å². The highest BCUT2D eigenvalue weighted by Crippen LogP contribution is 2.26. The largest absolute Gasteiger partial charge is 0.489 e. The molecule has 0 spiro atoms. The number of carbonyl (C=O) groups is 1. The molecule has 1 aromatic heterocycles. The second-order valence-electron chi connectivity index (χ2n) is 7.90. The maximum Gasteiger partial charge on any atom is 0.257 e. The Balaban J connectivity index is 1.35. The first-order valence-corrected chi connectivity index (χ1v) is 10.4. The number of aryl methyl sites for hydroxylation is 1. The van der Waals surface area contributed by atoms with E-state index in [1.54, 1.807) is 0 Å². The lowest BCUT2D eigenvalue weighted by molar-refractivity contribution is 0.0701. The van der Waals surface area contributed by atoms with Crippen molar-refractivity contribution >= 4 is 5.91 Å². The van der Waals surface area contributed by atoms with Crippen LogP contribution in [0.1, 0.15) is 48.3 Å². The summed E-state index contributed by atoms with van der Waals surface area (Å²) < 4.78 is 8.39. The van der Waals surface area contributed by atoms with Crippen LogP contribution in [-0.4, -0.2) is 57.5 Å². The summed E-state index contributed by atoms with van der Waals surface area (Å²) >= 11 is 0. The van der Waals surface area contributed by atoms with Gasteiger partial charge in [0.15, 0.2) is 0 Å². The number of amides is 1. The molecule has 0 radical (unpaired) electrons. The van der Waals surface area contributed by atoms with Crippen LogP contribution in [0.4, 0.5) is 0 Å². The van der Waals surface area contributed by atoms with E-state index in [1.165, 1.54) is 6.42 Å². The van der Waals surface area contributed by atoms with E-state index < -0.39 is 0 Å². The van der Waals surface area contributed by atoms with Crippen molar-refractivity contribution in [3.63, 3.8) is 0 Å². The van der Waals surface area contributed by atoms with Gasteiger partial charge < -0.3 is 14.2 Å². The van der Waals surface area contributed by atoms with Gasteiger partial charge in [0.05, 0.1) is 12.1 Å². The van der Waals surface area contributed by atoms with Crippen LogP contribution in [0.15, 0.2) is 36.7 Å². The van der Waals surface area contributed by atoms with E-state index in [0.29, 0.717) is 5.56 Å². The molecule has 0 aliphatic carbocycles. The maximum atomic E-state index is 13.0. The van der Waals surface area contributed by atoms with Gasteiger partial charge in [-0.2, -0.15) is 0 Å². The lowest BCUT2D eigenvalue weighted by atomic mass is 10.1. The van der Waals surface area contributed by atoms with Crippen molar-refractivity contribution in [3.8, 4) is 5.75 Å². The van der Waals surface area contributed by atoms with Gasteiger partial charge in [0, 0.05) is 45.6 Å². The van der Waals surface area contributed by atoms with E-state index in [9.17, 15) is 4.79 Å². The first-order chi connectivity index (χ1) is 13.7. The number of likely N-dealkylation sites (tertiary alicyclic amines) is 2. The van der Waals surface area contributed by atoms with Crippen LogP contribution in [0.3, 0.4) is 0 Å². The van der Waals surface area contributed by atoms with Gasteiger partial charge in [-0.1, -0.05) is 12.1 Å².